The molecule has 3 aromatic rings. The number of imidazole rings is 1. The highest BCUT2D eigenvalue weighted by molar-refractivity contribution is 6.32. The number of aromatic nitrogens is 2. The minimum atomic E-state index is -0.222. The van der Waals surface area contributed by atoms with Crippen LogP contribution in [0.5, 0.6) is 0 Å². The van der Waals surface area contributed by atoms with Crippen molar-refractivity contribution in [3.63, 3.8) is 0 Å². The maximum atomic E-state index is 12.6. The van der Waals surface area contributed by atoms with E-state index < -0.39 is 0 Å². The first-order chi connectivity index (χ1) is 11.1. The van der Waals surface area contributed by atoms with Gasteiger partial charge in [0.2, 0.25) is 0 Å². The highest BCUT2D eigenvalue weighted by Crippen LogP contribution is 2.29. The van der Waals surface area contributed by atoms with Gasteiger partial charge >= 0.3 is 0 Å². The van der Waals surface area contributed by atoms with Crippen LogP contribution in [0.25, 0.3) is 5.65 Å². The van der Waals surface area contributed by atoms with E-state index in [4.69, 9.17) is 11.6 Å². The van der Waals surface area contributed by atoms with Gasteiger partial charge in [0, 0.05) is 23.1 Å². The molecule has 0 fully saturated rings. The van der Waals surface area contributed by atoms with Gasteiger partial charge in [0.15, 0.2) is 0 Å². The summed E-state index contributed by atoms with van der Waals surface area (Å²) in [6.45, 7) is 4.09. The predicted octanol–water partition coefficient (Wildman–Crippen LogP) is 4.36. The third kappa shape index (κ3) is 2.94. The summed E-state index contributed by atoms with van der Waals surface area (Å²) in [5.41, 5.74) is 3.98. The van der Waals surface area contributed by atoms with E-state index in [9.17, 15) is 4.79 Å². The number of pyridine rings is 1. The van der Waals surface area contributed by atoms with Crippen molar-refractivity contribution in [3.05, 3.63) is 64.6 Å². The van der Waals surface area contributed by atoms with Gasteiger partial charge in [0.1, 0.15) is 11.3 Å². The molecule has 0 unspecified atom stereocenters. The molecule has 0 atom stereocenters. The van der Waals surface area contributed by atoms with Crippen LogP contribution in [0.15, 0.2) is 42.7 Å². The van der Waals surface area contributed by atoms with Gasteiger partial charge < -0.3 is 9.72 Å². The molecule has 0 saturated heterocycles. The van der Waals surface area contributed by atoms with Crippen molar-refractivity contribution in [2.24, 2.45) is 0 Å². The molecule has 5 heteroatoms. The summed E-state index contributed by atoms with van der Waals surface area (Å²) in [5, 5.41) is 3.68. The molecular formula is C18H18ClN3O. The monoisotopic (exact) mass is 327 g/mol. The summed E-state index contributed by atoms with van der Waals surface area (Å²) in [6.07, 6.45) is 5.18. The lowest BCUT2D eigenvalue weighted by atomic mass is 10.0. The Kier molecular flexibility index (Phi) is 4.35. The molecule has 118 valence electrons. The first kappa shape index (κ1) is 15.6. The van der Waals surface area contributed by atoms with E-state index >= 15 is 0 Å². The molecule has 3 rings (SSSR count). The van der Waals surface area contributed by atoms with Crippen molar-refractivity contribution in [3.8, 4) is 0 Å². The maximum absolute atomic E-state index is 12.6. The molecular weight excluding hydrogens is 310 g/mol. The Morgan fingerprint density at radius 3 is 2.74 bits per heavy atom. The van der Waals surface area contributed by atoms with Gasteiger partial charge in [-0.1, -0.05) is 37.6 Å². The number of fused-ring (bicyclic) bond motifs is 1. The Bertz CT molecular complexity index is 837. The number of anilines is 1. The SMILES string of the molecule is CCc1ccc(Cl)c(CC)c1NC(=O)c1cn2ccccc2n1. The van der Waals surface area contributed by atoms with Crippen LogP contribution >= 0.6 is 11.6 Å². The van der Waals surface area contributed by atoms with E-state index in [0.717, 1.165) is 35.3 Å². The Balaban J connectivity index is 1.98. The van der Waals surface area contributed by atoms with Crippen LogP contribution in [0.3, 0.4) is 0 Å². The summed E-state index contributed by atoms with van der Waals surface area (Å²) in [4.78, 5) is 17.0. The van der Waals surface area contributed by atoms with E-state index in [1.165, 1.54) is 0 Å². The molecule has 0 aliphatic carbocycles. The molecule has 4 nitrogen and oxygen atoms in total. The molecule has 0 radical (unpaired) electrons. The van der Waals surface area contributed by atoms with Gasteiger partial charge in [-0.15, -0.1) is 0 Å². The minimum absolute atomic E-state index is 0.222. The second-order valence-electron chi connectivity index (χ2n) is 5.31. The molecule has 0 bridgehead atoms. The fourth-order valence-electron chi connectivity index (χ4n) is 2.69. The molecule has 23 heavy (non-hydrogen) atoms. The highest BCUT2D eigenvalue weighted by Gasteiger charge is 2.16. The number of hydrogen-bond acceptors (Lipinski definition) is 2. The number of aryl methyl sites for hydroxylation is 1. The van der Waals surface area contributed by atoms with Crippen LogP contribution in [-0.4, -0.2) is 15.3 Å². The van der Waals surface area contributed by atoms with Crippen molar-refractivity contribution in [2.75, 3.05) is 5.32 Å². The van der Waals surface area contributed by atoms with Gasteiger partial charge in [0.25, 0.3) is 5.91 Å². The van der Waals surface area contributed by atoms with Crippen LogP contribution in [0.1, 0.15) is 35.5 Å². The van der Waals surface area contributed by atoms with E-state index in [2.05, 4.69) is 17.2 Å². The van der Waals surface area contributed by atoms with Crippen molar-refractivity contribution in [2.45, 2.75) is 26.7 Å². The minimum Gasteiger partial charge on any atom is -0.320 e. The quantitative estimate of drug-likeness (QED) is 0.773. The van der Waals surface area contributed by atoms with Crippen molar-refractivity contribution in [1.82, 2.24) is 9.38 Å². The molecule has 2 heterocycles. The molecule has 0 spiro atoms. The molecule has 0 saturated carbocycles. The lowest BCUT2D eigenvalue weighted by Gasteiger charge is -2.15. The second-order valence-corrected chi connectivity index (χ2v) is 5.72. The number of benzene rings is 1. The van der Waals surface area contributed by atoms with Gasteiger partial charge in [-0.3, -0.25) is 4.79 Å². The summed E-state index contributed by atoms with van der Waals surface area (Å²) < 4.78 is 1.83. The zero-order valence-corrected chi connectivity index (χ0v) is 13.9. The third-order valence-electron chi connectivity index (χ3n) is 3.91. The average Bonchev–Trinajstić information content (AvgIpc) is 2.99. The van der Waals surface area contributed by atoms with Crippen LogP contribution in [0.2, 0.25) is 5.02 Å². The van der Waals surface area contributed by atoms with E-state index in [-0.39, 0.29) is 5.91 Å². The van der Waals surface area contributed by atoms with Gasteiger partial charge in [-0.25, -0.2) is 4.98 Å². The predicted molar refractivity (Wildman–Crippen MR) is 93.4 cm³/mol. The van der Waals surface area contributed by atoms with E-state index in [1.54, 1.807) is 6.20 Å². The zero-order chi connectivity index (χ0) is 16.4. The Morgan fingerprint density at radius 2 is 2.04 bits per heavy atom. The molecule has 0 aliphatic heterocycles. The van der Waals surface area contributed by atoms with Crippen LogP contribution in [0, 0.1) is 0 Å². The number of amides is 1. The topological polar surface area (TPSA) is 46.4 Å². The smallest absolute Gasteiger partial charge is 0.275 e. The first-order valence-corrected chi connectivity index (χ1v) is 8.07. The first-order valence-electron chi connectivity index (χ1n) is 7.69. The largest absolute Gasteiger partial charge is 0.320 e. The maximum Gasteiger partial charge on any atom is 0.275 e. The number of carbonyl (C=O) groups excluding carboxylic acids is 1. The van der Waals surface area contributed by atoms with Crippen LogP contribution < -0.4 is 5.32 Å². The van der Waals surface area contributed by atoms with E-state index in [1.807, 2.05) is 47.9 Å². The number of halogens is 1. The van der Waals surface area contributed by atoms with Crippen molar-refractivity contribution >= 4 is 28.8 Å². The van der Waals surface area contributed by atoms with Crippen LogP contribution in [0.4, 0.5) is 5.69 Å². The number of carbonyl (C=O) groups is 1. The summed E-state index contributed by atoms with van der Waals surface area (Å²) in [5.74, 6) is -0.222. The fraction of sp³-hybridized carbons (Fsp3) is 0.222. The standard InChI is InChI=1S/C18H18ClN3O/c1-3-12-8-9-14(19)13(4-2)17(12)21-18(23)15-11-22-10-6-5-7-16(22)20-15/h5-11H,3-4H2,1-2H3,(H,21,23). The van der Waals surface area contributed by atoms with Gasteiger partial charge in [-0.05, 0) is 42.2 Å². The number of hydrogen-bond donors (Lipinski definition) is 1. The Hall–Kier alpha value is -2.33. The highest BCUT2D eigenvalue weighted by atomic mass is 35.5. The summed E-state index contributed by atoms with van der Waals surface area (Å²) >= 11 is 6.28. The van der Waals surface area contributed by atoms with Gasteiger partial charge in [0.05, 0.1) is 0 Å². The summed E-state index contributed by atoms with van der Waals surface area (Å²) in [6, 6.07) is 9.51. The number of nitrogens with zero attached hydrogens (tertiary/aromatic N) is 2. The zero-order valence-electron chi connectivity index (χ0n) is 13.1. The number of nitrogens with one attached hydrogen (secondary N) is 1. The third-order valence-corrected chi connectivity index (χ3v) is 4.27. The summed E-state index contributed by atoms with van der Waals surface area (Å²) in [7, 11) is 0. The Labute approximate surface area is 140 Å². The molecule has 2 aromatic heterocycles. The second kappa shape index (κ2) is 6.42. The Morgan fingerprint density at radius 1 is 1.22 bits per heavy atom. The normalized spacial score (nSPS) is 10.9. The fourth-order valence-corrected chi connectivity index (χ4v) is 2.98. The lowest BCUT2D eigenvalue weighted by molar-refractivity contribution is 0.102. The molecule has 1 N–H and O–H groups in total. The molecule has 1 amide bonds. The average molecular weight is 328 g/mol. The number of rotatable bonds is 4. The molecule has 1 aromatic carbocycles. The van der Waals surface area contributed by atoms with Crippen molar-refractivity contribution < 1.29 is 4.79 Å². The lowest BCUT2D eigenvalue weighted by Crippen LogP contribution is -2.15. The van der Waals surface area contributed by atoms with E-state index in [0.29, 0.717) is 10.7 Å². The molecule has 0 aliphatic rings. The van der Waals surface area contributed by atoms with Crippen LogP contribution in [-0.2, 0) is 12.8 Å². The van der Waals surface area contributed by atoms with Crippen molar-refractivity contribution in [1.29, 1.82) is 0 Å². The van der Waals surface area contributed by atoms with Gasteiger partial charge in [-0.2, -0.15) is 0 Å².